The lowest BCUT2D eigenvalue weighted by molar-refractivity contribution is -0.183. The largest absolute Gasteiger partial charge is 0.490 e. The first-order valence-corrected chi connectivity index (χ1v) is 15.2. The van der Waals surface area contributed by atoms with Gasteiger partial charge in [0.15, 0.2) is 11.6 Å². The van der Waals surface area contributed by atoms with Gasteiger partial charge in [-0.3, -0.25) is 4.79 Å². The molecular weight excluding hydrogens is 541 g/mol. The maximum Gasteiger partial charge on any atom is 0.392 e. The van der Waals surface area contributed by atoms with Gasteiger partial charge in [-0.15, -0.1) is 0 Å². The number of benzene rings is 2. The molecule has 0 fully saturated rings. The second-order valence-corrected chi connectivity index (χ2v) is 10.7. The fraction of sp³-hybridized carbons (Fsp3) is 0.500. The number of esters is 1. The molecule has 1 atom stereocenters. The molecule has 1 heterocycles. The van der Waals surface area contributed by atoms with E-state index in [0.29, 0.717) is 24.6 Å². The van der Waals surface area contributed by atoms with Crippen molar-refractivity contribution in [3.63, 3.8) is 0 Å². The number of unbranched alkanes of at least 4 members (excludes halogenated alkanes) is 8. The Morgan fingerprint density at radius 1 is 0.714 bits per heavy atom. The zero-order valence-corrected chi connectivity index (χ0v) is 24.8. The molecule has 0 aliphatic heterocycles. The van der Waals surface area contributed by atoms with E-state index in [0.717, 1.165) is 42.4 Å². The minimum absolute atomic E-state index is 0.0598. The number of carbonyl (C=O) groups excluding carboxylic acids is 1. The fourth-order valence-electron chi connectivity index (χ4n) is 4.71. The molecule has 0 bridgehead atoms. The van der Waals surface area contributed by atoms with E-state index in [2.05, 4.69) is 16.9 Å². The van der Waals surface area contributed by atoms with Gasteiger partial charge in [-0.1, -0.05) is 108 Å². The predicted octanol–water partition coefficient (Wildman–Crippen LogP) is 9.99. The molecule has 0 aliphatic carbocycles. The molecule has 1 aromatic heterocycles. The highest BCUT2D eigenvalue weighted by Crippen LogP contribution is 2.34. The Morgan fingerprint density at radius 3 is 1.83 bits per heavy atom. The zero-order chi connectivity index (χ0) is 30.2. The van der Waals surface area contributed by atoms with Crippen molar-refractivity contribution in [2.45, 2.75) is 97.1 Å². The van der Waals surface area contributed by atoms with Crippen molar-refractivity contribution in [2.75, 3.05) is 6.61 Å². The lowest BCUT2D eigenvalue weighted by Crippen LogP contribution is -2.27. The monoisotopic (exact) mass is 584 g/mol. The van der Waals surface area contributed by atoms with Crippen molar-refractivity contribution in [1.82, 2.24) is 9.97 Å². The summed E-state index contributed by atoms with van der Waals surface area (Å²) in [6.07, 6.45) is 8.48. The zero-order valence-electron chi connectivity index (χ0n) is 24.8. The van der Waals surface area contributed by atoms with Crippen molar-refractivity contribution in [1.29, 1.82) is 0 Å². The minimum Gasteiger partial charge on any atom is -0.490 e. The van der Waals surface area contributed by atoms with Crippen LogP contribution in [0, 0.1) is 5.92 Å². The summed E-state index contributed by atoms with van der Waals surface area (Å²) in [5, 5.41) is 0. The maximum absolute atomic E-state index is 13.4. The van der Waals surface area contributed by atoms with Gasteiger partial charge < -0.3 is 9.47 Å². The standard InChI is InChI=1S/C34H43F3N2O3/c1-3-5-7-9-10-12-22-41-31-24-38-33(39-25-31)28-16-14-26(15-17-28)27-18-20-30(21-19-27)42-32(40)23-29(34(35,36)37)13-11-8-6-4-2/h14-21,24-25,29H,3-13,22-23H2,1-2H3. The Balaban J connectivity index is 1.49. The summed E-state index contributed by atoms with van der Waals surface area (Å²) < 4.78 is 51.2. The third-order valence-corrected chi connectivity index (χ3v) is 7.24. The Hall–Kier alpha value is -3.42. The van der Waals surface area contributed by atoms with E-state index in [9.17, 15) is 18.0 Å². The summed E-state index contributed by atoms with van der Waals surface area (Å²) in [6, 6.07) is 14.5. The average molecular weight is 585 g/mol. The van der Waals surface area contributed by atoms with Crippen LogP contribution in [0.1, 0.15) is 90.9 Å². The Bertz CT molecular complexity index is 1180. The highest BCUT2D eigenvalue weighted by molar-refractivity contribution is 5.73. The van der Waals surface area contributed by atoms with Crippen LogP contribution in [-0.2, 0) is 4.79 Å². The first-order chi connectivity index (χ1) is 20.3. The molecule has 2 aromatic carbocycles. The number of carbonyl (C=O) groups is 1. The summed E-state index contributed by atoms with van der Waals surface area (Å²) in [5.74, 6) is -1.08. The number of aromatic nitrogens is 2. The number of hydrogen-bond donors (Lipinski definition) is 0. The van der Waals surface area contributed by atoms with E-state index < -0.39 is 24.5 Å². The first kappa shape index (κ1) is 33.1. The van der Waals surface area contributed by atoms with Crippen molar-refractivity contribution >= 4 is 5.97 Å². The van der Waals surface area contributed by atoms with Crippen LogP contribution in [-0.4, -0.2) is 28.7 Å². The van der Waals surface area contributed by atoms with Gasteiger partial charge in [0.2, 0.25) is 0 Å². The van der Waals surface area contributed by atoms with E-state index in [1.165, 1.54) is 32.1 Å². The van der Waals surface area contributed by atoms with Gasteiger partial charge >= 0.3 is 12.1 Å². The highest BCUT2D eigenvalue weighted by atomic mass is 19.4. The van der Waals surface area contributed by atoms with Crippen LogP contribution in [0.15, 0.2) is 60.9 Å². The molecule has 0 N–H and O–H groups in total. The van der Waals surface area contributed by atoms with Crippen molar-refractivity contribution in [3.05, 3.63) is 60.9 Å². The topological polar surface area (TPSA) is 61.3 Å². The molecule has 0 spiro atoms. The summed E-state index contributed by atoms with van der Waals surface area (Å²) >= 11 is 0. The first-order valence-electron chi connectivity index (χ1n) is 15.2. The summed E-state index contributed by atoms with van der Waals surface area (Å²) in [7, 11) is 0. The molecule has 0 radical (unpaired) electrons. The molecule has 0 saturated carbocycles. The van der Waals surface area contributed by atoms with Crippen molar-refractivity contribution in [3.8, 4) is 34.0 Å². The minimum atomic E-state index is -4.42. The van der Waals surface area contributed by atoms with Crippen LogP contribution >= 0.6 is 0 Å². The summed E-state index contributed by atoms with van der Waals surface area (Å²) in [4.78, 5) is 21.1. The van der Waals surface area contributed by atoms with E-state index in [1.54, 1.807) is 36.7 Å². The van der Waals surface area contributed by atoms with Crippen LogP contribution in [0.5, 0.6) is 11.5 Å². The van der Waals surface area contributed by atoms with Crippen LogP contribution in [0.4, 0.5) is 13.2 Å². The fourth-order valence-corrected chi connectivity index (χ4v) is 4.71. The van der Waals surface area contributed by atoms with Gasteiger partial charge in [0.1, 0.15) is 5.75 Å². The normalized spacial score (nSPS) is 12.2. The Labute approximate surface area is 247 Å². The molecule has 0 aliphatic rings. The SMILES string of the molecule is CCCCCCCCOc1cnc(-c2ccc(-c3ccc(OC(=O)CC(CCCCCC)C(F)(F)F)cc3)cc2)nc1. The van der Waals surface area contributed by atoms with Gasteiger partial charge in [-0.25, -0.2) is 9.97 Å². The number of alkyl halides is 3. The molecule has 0 amide bonds. The molecule has 3 rings (SSSR count). The molecular formula is C34H43F3N2O3. The van der Waals surface area contributed by atoms with Gasteiger partial charge in [-0.05, 0) is 36.1 Å². The van der Waals surface area contributed by atoms with Crippen molar-refractivity contribution in [2.24, 2.45) is 5.92 Å². The molecule has 228 valence electrons. The van der Waals surface area contributed by atoms with Gasteiger partial charge in [0.05, 0.1) is 31.3 Å². The molecule has 1 unspecified atom stereocenters. The number of nitrogens with zero attached hydrogens (tertiary/aromatic N) is 2. The third kappa shape index (κ3) is 11.5. The van der Waals surface area contributed by atoms with Crippen molar-refractivity contribution < 1.29 is 27.4 Å². The predicted molar refractivity (Wildman–Crippen MR) is 160 cm³/mol. The molecule has 3 aromatic rings. The number of halogens is 3. The molecule has 42 heavy (non-hydrogen) atoms. The highest BCUT2D eigenvalue weighted by Gasteiger charge is 2.40. The molecule has 8 heteroatoms. The molecule has 0 saturated heterocycles. The van der Waals surface area contributed by atoms with E-state index in [-0.39, 0.29) is 12.2 Å². The van der Waals surface area contributed by atoms with E-state index in [1.807, 2.05) is 31.2 Å². The lowest BCUT2D eigenvalue weighted by Gasteiger charge is -2.19. The van der Waals surface area contributed by atoms with Crippen LogP contribution in [0.3, 0.4) is 0 Å². The lowest BCUT2D eigenvalue weighted by atomic mass is 9.97. The smallest absolute Gasteiger partial charge is 0.392 e. The third-order valence-electron chi connectivity index (χ3n) is 7.24. The van der Waals surface area contributed by atoms with Crippen LogP contribution < -0.4 is 9.47 Å². The molecule has 5 nitrogen and oxygen atoms in total. The average Bonchev–Trinajstić information content (AvgIpc) is 2.98. The van der Waals surface area contributed by atoms with E-state index >= 15 is 0 Å². The second-order valence-electron chi connectivity index (χ2n) is 10.7. The van der Waals surface area contributed by atoms with Gasteiger partial charge in [0.25, 0.3) is 0 Å². The Kier molecular flexibility index (Phi) is 13.8. The number of hydrogen-bond acceptors (Lipinski definition) is 5. The van der Waals surface area contributed by atoms with Gasteiger partial charge in [-0.2, -0.15) is 13.2 Å². The second kappa shape index (κ2) is 17.5. The van der Waals surface area contributed by atoms with E-state index in [4.69, 9.17) is 9.47 Å². The van der Waals surface area contributed by atoms with Gasteiger partial charge in [0, 0.05) is 5.56 Å². The van der Waals surface area contributed by atoms with Crippen LogP contribution in [0.2, 0.25) is 0 Å². The maximum atomic E-state index is 13.4. The van der Waals surface area contributed by atoms with Crippen LogP contribution in [0.25, 0.3) is 22.5 Å². The number of rotatable bonds is 18. The summed E-state index contributed by atoms with van der Waals surface area (Å²) in [5.41, 5.74) is 2.67. The Morgan fingerprint density at radius 2 is 1.24 bits per heavy atom. The quantitative estimate of drug-likeness (QED) is 0.0846. The summed E-state index contributed by atoms with van der Waals surface area (Å²) in [6.45, 7) is 4.87. The number of ether oxygens (including phenoxy) is 2.